The number of amides is 2. The molecule has 0 radical (unpaired) electrons. The Bertz CT molecular complexity index is 1120. The van der Waals surface area contributed by atoms with Crippen molar-refractivity contribution in [1.82, 2.24) is 10.2 Å². The number of carbonyl (C=O) groups is 2. The fraction of sp³-hybridized carbons (Fsp3) is 0.417. The average molecular weight is 510 g/mol. The quantitative estimate of drug-likeness (QED) is 0.501. The van der Waals surface area contributed by atoms with Gasteiger partial charge in [0.15, 0.2) is 0 Å². The Morgan fingerprint density at radius 1 is 1.18 bits per heavy atom. The second-order valence-electron chi connectivity index (χ2n) is 8.02. The lowest BCUT2D eigenvalue weighted by Gasteiger charge is -2.32. The maximum absolute atomic E-state index is 13.5. The summed E-state index contributed by atoms with van der Waals surface area (Å²) >= 11 is 6.31. The van der Waals surface area contributed by atoms with Gasteiger partial charge in [-0.2, -0.15) is 0 Å². The first-order valence-corrected chi connectivity index (χ1v) is 13.1. The number of benzene rings is 2. The van der Waals surface area contributed by atoms with Gasteiger partial charge in [-0.05, 0) is 49.6 Å². The van der Waals surface area contributed by atoms with E-state index >= 15 is 0 Å². The highest BCUT2D eigenvalue weighted by Crippen LogP contribution is 2.31. The highest BCUT2D eigenvalue weighted by Gasteiger charge is 2.31. The van der Waals surface area contributed by atoms with Crippen molar-refractivity contribution in [3.63, 3.8) is 0 Å². The lowest BCUT2D eigenvalue weighted by atomic mass is 10.1. The molecule has 8 nitrogen and oxygen atoms in total. The Labute approximate surface area is 206 Å². The molecule has 1 N–H and O–H groups in total. The predicted octanol–water partition coefficient (Wildman–Crippen LogP) is 3.37. The molecule has 0 bridgehead atoms. The molecule has 0 aliphatic heterocycles. The molecule has 186 valence electrons. The van der Waals surface area contributed by atoms with Crippen molar-refractivity contribution in [3.8, 4) is 5.75 Å². The van der Waals surface area contributed by atoms with Crippen molar-refractivity contribution in [2.45, 2.75) is 39.8 Å². The SMILES string of the molecule is CCCNC(=O)[C@H](C)N(Cc1ccccc1Cl)C(=O)CN(c1cc(C)ccc1OC)S(C)(=O)=O. The molecule has 34 heavy (non-hydrogen) atoms. The van der Waals surface area contributed by atoms with Gasteiger partial charge in [-0.3, -0.25) is 13.9 Å². The smallest absolute Gasteiger partial charge is 0.244 e. The summed E-state index contributed by atoms with van der Waals surface area (Å²) in [5.74, 6) is -0.565. The second-order valence-corrected chi connectivity index (χ2v) is 10.3. The minimum Gasteiger partial charge on any atom is -0.495 e. The summed E-state index contributed by atoms with van der Waals surface area (Å²) in [5.41, 5.74) is 1.70. The maximum Gasteiger partial charge on any atom is 0.244 e. The number of sulfonamides is 1. The molecule has 0 heterocycles. The number of hydrogen-bond acceptors (Lipinski definition) is 5. The number of hydrogen-bond donors (Lipinski definition) is 1. The Morgan fingerprint density at radius 3 is 2.44 bits per heavy atom. The van der Waals surface area contributed by atoms with E-state index in [2.05, 4.69) is 5.32 Å². The lowest BCUT2D eigenvalue weighted by Crippen LogP contribution is -2.51. The molecule has 0 saturated heterocycles. The van der Waals surface area contributed by atoms with E-state index in [1.54, 1.807) is 49.4 Å². The van der Waals surface area contributed by atoms with Crippen LogP contribution >= 0.6 is 11.6 Å². The molecular formula is C24H32ClN3O5S. The van der Waals surface area contributed by atoms with Crippen LogP contribution in [0.5, 0.6) is 5.75 Å². The largest absolute Gasteiger partial charge is 0.495 e. The Kier molecular flexibility index (Phi) is 9.76. The number of aryl methyl sites for hydroxylation is 1. The molecule has 0 fully saturated rings. The van der Waals surface area contributed by atoms with Gasteiger partial charge in [-0.15, -0.1) is 0 Å². The van der Waals surface area contributed by atoms with Gasteiger partial charge in [0.2, 0.25) is 21.8 Å². The number of nitrogens with one attached hydrogen (secondary N) is 1. The van der Waals surface area contributed by atoms with Gasteiger partial charge in [0.25, 0.3) is 0 Å². The molecule has 2 aromatic carbocycles. The minimum absolute atomic E-state index is 0.0434. The summed E-state index contributed by atoms with van der Waals surface area (Å²) in [6.45, 7) is 5.35. The zero-order valence-corrected chi connectivity index (χ0v) is 21.7. The number of halogens is 1. The zero-order chi connectivity index (χ0) is 25.5. The monoisotopic (exact) mass is 509 g/mol. The normalized spacial score (nSPS) is 12.1. The van der Waals surface area contributed by atoms with Gasteiger partial charge < -0.3 is 15.0 Å². The van der Waals surface area contributed by atoms with Crippen molar-refractivity contribution in [2.24, 2.45) is 0 Å². The summed E-state index contributed by atoms with van der Waals surface area (Å²) in [6, 6.07) is 11.2. The van der Waals surface area contributed by atoms with Gasteiger partial charge in [0, 0.05) is 18.1 Å². The third-order valence-corrected chi connectivity index (χ3v) is 6.79. The number of carbonyl (C=O) groups excluding carboxylic acids is 2. The Balaban J connectivity index is 2.46. The molecular weight excluding hydrogens is 478 g/mol. The van der Waals surface area contributed by atoms with Crippen molar-refractivity contribution >= 4 is 39.1 Å². The van der Waals surface area contributed by atoms with Crippen LogP contribution < -0.4 is 14.4 Å². The van der Waals surface area contributed by atoms with Crippen LogP contribution in [0.15, 0.2) is 42.5 Å². The number of anilines is 1. The molecule has 10 heteroatoms. The van der Waals surface area contributed by atoms with Gasteiger partial charge in [0.05, 0.1) is 19.1 Å². The van der Waals surface area contributed by atoms with Crippen molar-refractivity contribution in [3.05, 3.63) is 58.6 Å². The van der Waals surface area contributed by atoms with Gasteiger partial charge in [-0.1, -0.05) is 42.8 Å². The van der Waals surface area contributed by atoms with E-state index in [0.717, 1.165) is 22.5 Å². The van der Waals surface area contributed by atoms with E-state index in [1.807, 2.05) is 13.8 Å². The number of methoxy groups -OCH3 is 1. The van der Waals surface area contributed by atoms with E-state index in [4.69, 9.17) is 16.3 Å². The van der Waals surface area contributed by atoms with Gasteiger partial charge in [-0.25, -0.2) is 8.42 Å². The summed E-state index contributed by atoms with van der Waals surface area (Å²) in [7, 11) is -2.43. The number of ether oxygens (including phenoxy) is 1. The van der Waals surface area contributed by atoms with Crippen LogP contribution in [0, 0.1) is 6.92 Å². The molecule has 0 aromatic heterocycles. The molecule has 0 aliphatic rings. The Hall–Kier alpha value is -2.78. The van der Waals surface area contributed by atoms with Crippen molar-refractivity contribution < 1.29 is 22.7 Å². The summed E-state index contributed by atoms with van der Waals surface area (Å²) in [6.07, 6.45) is 1.77. The van der Waals surface area contributed by atoms with Crippen molar-refractivity contribution in [2.75, 3.05) is 30.8 Å². The van der Waals surface area contributed by atoms with E-state index in [0.29, 0.717) is 22.9 Å². The molecule has 2 rings (SSSR count). The first-order chi connectivity index (χ1) is 16.0. The molecule has 1 atom stereocenters. The summed E-state index contributed by atoms with van der Waals surface area (Å²) in [4.78, 5) is 27.6. The van der Waals surface area contributed by atoms with Crippen LogP contribution in [0.4, 0.5) is 5.69 Å². The van der Waals surface area contributed by atoms with Crippen LogP contribution in [0.2, 0.25) is 5.02 Å². The van der Waals surface area contributed by atoms with E-state index in [9.17, 15) is 18.0 Å². The fourth-order valence-corrected chi connectivity index (χ4v) is 4.42. The summed E-state index contributed by atoms with van der Waals surface area (Å²) < 4.78 is 31.8. The highest BCUT2D eigenvalue weighted by molar-refractivity contribution is 7.92. The molecule has 0 saturated carbocycles. The molecule has 2 amide bonds. The van der Waals surface area contributed by atoms with Crippen LogP contribution in [0.25, 0.3) is 0 Å². The Morgan fingerprint density at radius 2 is 1.85 bits per heavy atom. The summed E-state index contributed by atoms with van der Waals surface area (Å²) in [5, 5.41) is 3.24. The third-order valence-electron chi connectivity index (χ3n) is 5.30. The van der Waals surface area contributed by atoms with Crippen LogP contribution in [0.3, 0.4) is 0 Å². The third kappa shape index (κ3) is 7.11. The minimum atomic E-state index is -3.86. The van der Waals surface area contributed by atoms with Crippen molar-refractivity contribution in [1.29, 1.82) is 0 Å². The molecule has 0 unspecified atom stereocenters. The molecule has 2 aromatic rings. The highest BCUT2D eigenvalue weighted by atomic mass is 35.5. The van der Waals surface area contributed by atoms with Crippen LogP contribution in [0.1, 0.15) is 31.4 Å². The predicted molar refractivity (Wildman–Crippen MR) is 135 cm³/mol. The van der Waals surface area contributed by atoms with E-state index in [1.165, 1.54) is 12.0 Å². The zero-order valence-electron chi connectivity index (χ0n) is 20.2. The van der Waals surface area contributed by atoms with Crippen LogP contribution in [-0.4, -0.2) is 57.6 Å². The van der Waals surface area contributed by atoms with Gasteiger partial charge >= 0.3 is 0 Å². The maximum atomic E-state index is 13.5. The molecule has 0 aliphatic carbocycles. The topological polar surface area (TPSA) is 96.0 Å². The number of nitrogens with zero attached hydrogens (tertiary/aromatic N) is 2. The first kappa shape index (κ1) is 27.5. The van der Waals surface area contributed by atoms with Gasteiger partial charge in [0.1, 0.15) is 18.3 Å². The fourth-order valence-electron chi connectivity index (χ4n) is 3.38. The van der Waals surface area contributed by atoms with E-state index < -0.39 is 28.5 Å². The first-order valence-electron chi connectivity index (χ1n) is 10.9. The van der Waals surface area contributed by atoms with Crippen LogP contribution in [-0.2, 0) is 26.2 Å². The van der Waals surface area contributed by atoms with E-state index in [-0.39, 0.29) is 18.1 Å². The number of rotatable bonds is 11. The average Bonchev–Trinajstić information content (AvgIpc) is 2.79. The standard InChI is InChI=1S/C24H32ClN3O5S/c1-6-13-26-24(30)18(3)27(15-19-9-7-8-10-20(19)25)23(29)16-28(34(5,31)32)21-14-17(2)11-12-22(21)33-4/h7-12,14,18H,6,13,15-16H2,1-5H3,(H,26,30)/t18-/m0/s1. The lowest BCUT2D eigenvalue weighted by molar-refractivity contribution is -0.139. The second kappa shape index (κ2) is 12.1. The molecule has 0 spiro atoms.